The SMILES string of the molecule is CCc1ccc(-n2c(=O)c3ccccc3n3c(CN4CCN(C)CC4)nnc23)cc1. The molecule has 2 aromatic carbocycles. The zero-order valence-electron chi connectivity index (χ0n) is 17.5. The number of aromatic nitrogens is 4. The highest BCUT2D eigenvalue weighted by atomic mass is 16.1. The lowest BCUT2D eigenvalue weighted by molar-refractivity contribution is 0.145. The molecule has 154 valence electrons. The van der Waals surface area contributed by atoms with Crippen molar-refractivity contribution >= 4 is 16.7 Å². The van der Waals surface area contributed by atoms with Gasteiger partial charge in [0.1, 0.15) is 0 Å². The zero-order chi connectivity index (χ0) is 20.7. The summed E-state index contributed by atoms with van der Waals surface area (Å²) in [4.78, 5) is 18.1. The van der Waals surface area contributed by atoms with Crippen LogP contribution in [-0.4, -0.2) is 62.2 Å². The molecule has 0 aliphatic carbocycles. The predicted octanol–water partition coefficient (Wildman–Crippen LogP) is 2.34. The first-order valence-corrected chi connectivity index (χ1v) is 10.5. The van der Waals surface area contributed by atoms with E-state index in [2.05, 4.69) is 46.1 Å². The molecule has 0 atom stereocenters. The average molecular weight is 403 g/mol. The Hall–Kier alpha value is -3.03. The van der Waals surface area contributed by atoms with E-state index in [1.807, 2.05) is 40.8 Å². The lowest BCUT2D eigenvalue weighted by atomic mass is 10.1. The molecule has 1 fully saturated rings. The highest BCUT2D eigenvalue weighted by Gasteiger charge is 2.21. The topological polar surface area (TPSA) is 58.7 Å². The van der Waals surface area contributed by atoms with Gasteiger partial charge in [-0.3, -0.25) is 14.1 Å². The quantitative estimate of drug-likeness (QED) is 0.524. The smallest absolute Gasteiger partial charge is 0.267 e. The van der Waals surface area contributed by atoms with E-state index in [0.29, 0.717) is 17.7 Å². The fourth-order valence-corrected chi connectivity index (χ4v) is 4.18. The van der Waals surface area contributed by atoms with Crippen LogP contribution >= 0.6 is 0 Å². The Labute approximate surface area is 175 Å². The molecule has 0 radical (unpaired) electrons. The van der Waals surface area contributed by atoms with Crippen molar-refractivity contribution in [2.45, 2.75) is 19.9 Å². The van der Waals surface area contributed by atoms with Crippen molar-refractivity contribution in [3.05, 3.63) is 70.3 Å². The van der Waals surface area contributed by atoms with E-state index in [9.17, 15) is 4.79 Å². The van der Waals surface area contributed by atoms with E-state index in [4.69, 9.17) is 0 Å². The number of hydrogen-bond donors (Lipinski definition) is 0. The van der Waals surface area contributed by atoms with Crippen LogP contribution in [0.25, 0.3) is 22.4 Å². The third-order valence-electron chi connectivity index (χ3n) is 6.06. The van der Waals surface area contributed by atoms with Gasteiger partial charge < -0.3 is 4.90 Å². The second-order valence-corrected chi connectivity index (χ2v) is 8.01. The lowest BCUT2D eigenvalue weighted by Gasteiger charge is -2.31. The normalized spacial score (nSPS) is 15.9. The highest BCUT2D eigenvalue weighted by molar-refractivity contribution is 5.81. The molecule has 0 N–H and O–H groups in total. The molecule has 1 aliphatic heterocycles. The molecule has 1 aliphatic rings. The van der Waals surface area contributed by atoms with E-state index in [1.54, 1.807) is 4.57 Å². The van der Waals surface area contributed by atoms with Crippen LogP contribution in [0.5, 0.6) is 0 Å². The maximum Gasteiger partial charge on any atom is 0.267 e. The van der Waals surface area contributed by atoms with Gasteiger partial charge in [0.25, 0.3) is 5.56 Å². The van der Waals surface area contributed by atoms with E-state index < -0.39 is 0 Å². The number of nitrogens with zero attached hydrogens (tertiary/aromatic N) is 6. The predicted molar refractivity (Wildman–Crippen MR) is 118 cm³/mol. The van der Waals surface area contributed by atoms with Gasteiger partial charge in [-0.25, -0.2) is 4.57 Å². The minimum absolute atomic E-state index is 0.0686. The van der Waals surface area contributed by atoms with Gasteiger partial charge in [0.05, 0.1) is 23.1 Å². The number of aryl methyl sites for hydroxylation is 1. The van der Waals surface area contributed by atoms with Crippen molar-refractivity contribution < 1.29 is 0 Å². The van der Waals surface area contributed by atoms with Crippen LogP contribution in [0.1, 0.15) is 18.3 Å². The molecule has 1 saturated heterocycles. The first-order chi connectivity index (χ1) is 14.7. The minimum Gasteiger partial charge on any atom is -0.304 e. The molecule has 0 bridgehead atoms. The Morgan fingerprint density at radius 3 is 2.40 bits per heavy atom. The number of benzene rings is 2. The van der Waals surface area contributed by atoms with E-state index in [1.165, 1.54) is 5.56 Å². The van der Waals surface area contributed by atoms with Crippen LogP contribution < -0.4 is 5.56 Å². The van der Waals surface area contributed by atoms with Gasteiger partial charge in [-0.2, -0.15) is 0 Å². The standard InChI is InChI=1S/C23H26N6O/c1-3-17-8-10-18(11-9-17)28-22(30)19-6-4-5-7-20(19)29-21(24-25-23(28)29)16-27-14-12-26(2)13-15-27/h4-11H,3,12-16H2,1-2H3. The monoisotopic (exact) mass is 402 g/mol. The van der Waals surface area contributed by atoms with Crippen LogP contribution in [0.4, 0.5) is 0 Å². The van der Waals surface area contributed by atoms with Crippen molar-refractivity contribution in [1.82, 2.24) is 29.0 Å². The van der Waals surface area contributed by atoms with E-state index in [0.717, 1.165) is 49.6 Å². The second kappa shape index (κ2) is 7.66. The molecule has 0 saturated carbocycles. The molecule has 3 heterocycles. The average Bonchev–Trinajstić information content (AvgIpc) is 3.19. The summed E-state index contributed by atoms with van der Waals surface area (Å²) in [6.45, 7) is 6.94. The summed E-state index contributed by atoms with van der Waals surface area (Å²) in [5.41, 5.74) is 2.83. The van der Waals surface area contributed by atoms with Gasteiger partial charge in [-0.05, 0) is 43.3 Å². The number of rotatable bonds is 4. The Morgan fingerprint density at radius 1 is 0.933 bits per heavy atom. The molecular formula is C23H26N6O. The summed E-state index contributed by atoms with van der Waals surface area (Å²) >= 11 is 0. The number of fused-ring (bicyclic) bond motifs is 3. The number of para-hydroxylation sites is 1. The van der Waals surface area contributed by atoms with Crippen molar-refractivity contribution in [3.63, 3.8) is 0 Å². The van der Waals surface area contributed by atoms with Gasteiger partial charge in [0.2, 0.25) is 5.78 Å². The number of likely N-dealkylation sites (N-methyl/N-ethyl adjacent to an activating group) is 1. The number of hydrogen-bond acceptors (Lipinski definition) is 5. The van der Waals surface area contributed by atoms with Crippen molar-refractivity contribution in [1.29, 1.82) is 0 Å². The van der Waals surface area contributed by atoms with Gasteiger partial charge in [0, 0.05) is 26.2 Å². The van der Waals surface area contributed by atoms with E-state index >= 15 is 0 Å². The summed E-state index contributed by atoms with van der Waals surface area (Å²) in [5, 5.41) is 9.66. The van der Waals surface area contributed by atoms with Crippen LogP contribution in [0, 0.1) is 0 Å². The van der Waals surface area contributed by atoms with Crippen LogP contribution in [0.2, 0.25) is 0 Å². The van der Waals surface area contributed by atoms with Gasteiger partial charge in [0.15, 0.2) is 5.82 Å². The summed E-state index contributed by atoms with van der Waals surface area (Å²) in [6, 6.07) is 15.8. The maximum absolute atomic E-state index is 13.4. The van der Waals surface area contributed by atoms with Gasteiger partial charge in [-0.15, -0.1) is 10.2 Å². The Bertz CT molecular complexity index is 1250. The molecular weight excluding hydrogens is 376 g/mol. The van der Waals surface area contributed by atoms with Crippen molar-refractivity contribution in [2.75, 3.05) is 33.2 Å². The van der Waals surface area contributed by atoms with Crippen molar-refractivity contribution in [2.24, 2.45) is 0 Å². The molecule has 5 rings (SSSR count). The molecule has 30 heavy (non-hydrogen) atoms. The van der Waals surface area contributed by atoms with Gasteiger partial charge >= 0.3 is 0 Å². The Kier molecular flexibility index (Phi) is 4.84. The molecule has 4 aromatic rings. The van der Waals surface area contributed by atoms with Gasteiger partial charge in [-0.1, -0.05) is 31.2 Å². The van der Waals surface area contributed by atoms with Crippen LogP contribution in [0.3, 0.4) is 0 Å². The second-order valence-electron chi connectivity index (χ2n) is 8.01. The molecule has 0 amide bonds. The summed E-state index contributed by atoms with van der Waals surface area (Å²) < 4.78 is 3.73. The molecule has 0 spiro atoms. The van der Waals surface area contributed by atoms with E-state index in [-0.39, 0.29) is 5.56 Å². The maximum atomic E-state index is 13.4. The Balaban J connectivity index is 1.69. The first-order valence-electron chi connectivity index (χ1n) is 10.5. The van der Waals surface area contributed by atoms with Crippen molar-refractivity contribution in [3.8, 4) is 5.69 Å². The van der Waals surface area contributed by atoms with Crippen LogP contribution in [-0.2, 0) is 13.0 Å². The third-order valence-corrected chi connectivity index (χ3v) is 6.06. The number of piperazine rings is 1. The molecule has 7 nitrogen and oxygen atoms in total. The zero-order valence-corrected chi connectivity index (χ0v) is 17.5. The summed E-state index contributed by atoms with van der Waals surface area (Å²) in [5.74, 6) is 1.43. The molecule has 0 unspecified atom stereocenters. The molecule has 7 heteroatoms. The minimum atomic E-state index is -0.0686. The highest BCUT2D eigenvalue weighted by Crippen LogP contribution is 2.19. The van der Waals surface area contributed by atoms with Crippen LogP contribution in [0.15, 0.2) is 53.3 Å². The Morgan fingerprint density at radius 2 is 1.67 bits per heavy atom. The fourth-order valence-electron chi connectivity index (χ4n) is 4.18. The largest absolute Gasteiger partial charge is 0.304 e. The third kappa shape index (κ3) is 3.20. The summed E-state index contributed by atoms with van der Waals surface area (Å²) in [6.07, 6.45) is 0.961. The fraction of sp³-hybridized carbons (Fsp3) is 0.348. The first kappa shape index (κ1) is 19.0. The lowest BCUT2D eigenvalue weighted by Crippen LogP contribution is -2.44. The summed E-state index contributed by atoms with van der Waals surface area (Å²) in [7, 11) is 2.15. The molecule has 2 aromatic heterocycles.